The summed E-state index contributed by atoms with van der Waals surface area (Å²) in [5.74, 6) is 1.18. The Hall–Kier alpha value is -1.85. The Bertz CT molecular complexity index is 554. The number of nitrogens with one attached hydrogen (secondary N) is 1. The molecule has 0 aliphatic rings. The van der Waals surface area contributed by atoms with Crippen LogP contribution in [0.2, 0.25) is 0 Å². The first-order valence-electron chi connectivity index (χ1n) is 6.35. The van der Waals surface area contributed by atoms with Gasteiger partial charge in [0, 0.05) is 0 Å². The third-order valence-electron chi connectivity index (χ3n) is 2.66. The highest BCUT2D eigenvalue weighted by Gasteiger charge is 2.16. The summed E-state index contributed by atoms with van der Waals surface area (Å²) in [6.07, 6.45) is -0.518. The lowest BCUT2D eigenvalue weighted by molar-refractivity contribution is -0.124. The van der Waals surface area contributed by atoms with Crippen molar-refractivity contribution >= 4 is 17.1 Å². The van der Waals surface area contributed by atoms with Gasteiger partial charge in [0.2, 0.25) is 0 Å². The molecule has 0 aliphatic carbocycles. The smallest absolute Gasteiger partial charge is 0.186 e. The molecule has 1 heterocycles. The normalized spacial score (nSPS) is 11.9. The molecule has 5 heteroatoms. The topological polar surface area (TPSA) is 47.6 Å². The molecule has 2 aromatic rings. The molecule has 1 atom stereocenters. The van der Waals surface area contributed by atoms with Gasteiger partial charge in [-0.1, -0.05) is 12.1 Å². The van der Waals surface area contributed by atoms with Gasteiger partial charge < -0.3 is 14.8 Å². The molecule has 0 saturated carbocycles. The van der Waals surface area contributed by atoms with E-state index < -0.39 is 6.10 Å². The van der Waals surface area contributed by atoms with Gasteiger partial charge in [0.25, 0.3) is 0 Å². The van der Waals surface area contributed by atoms with E-state index in [1.54, 1.807) is 20.0 Å². The van der Waals surface area contributed by atoms with Crippen molar-refractivity contribution in [2.75, 3.05) is 13.6 Å². The first kappa shape index (κ1) is 14.6. The van der Waals surface area contributed by atoms with Crippen molar-refractivity contribution in [3.8, 4) is 16.6 Å². The summed E-state index contributed by atoms with van der Waals surface area (Å²) in [5.41, 5.74) is 0. The third-order valence-corrected chi connectivity index (χ3v) is 3.41. The molecule has 4 nitrogen and oxygen atoms in total. The molecular weight excluding hydrogens is 274 g/mol. The van der Waals surface area contributed by atoms with Crippen LogP contribution in [0.25, 0.3) is 0 Å². The van der Waals surface area contributed by atoms with Crippen LogP contribution in [-0.2, 0) is 4.79 Å². The molecule has 0 aliphatic heterocycles. The summed E-state index contributed by atoms with van der Waals surface area (Å²) in [7, 11) is 1.73. The van der Waals surface area contributed by atoms with Gasteiger partial charge in [0.05, 0.1) is 6.54 Å². The Morgan fingerprint density at radius 1 is 1.25 bits per heavy atom. The van der Waals surface area contributed by atoms with Crippen molar-refractivity contribution in [3.05, 3.63) is 41.8 Å². The molecule has 1 aromatic heterocycles. The number of para-hydroxylation sites is 2. The summed E-state index contributed by atoms with van der Waals surface area (Å²) >= 11 is 1.51. The number of thiophene rings is 1. The van der Waals surface area contributed by atoms with E-state index in [-0.39, 0.29) is 12.3 Å². The lowest BCUT2D eigenvalue weighted by Gasteiger charge is -2.16. The molecule has 2 rings (SSSR count). The van der Waals surface area contributed by atoms with Crippen LogP contribution in [0.1, 0.15) is 6.92 Å². The SMILES string of the molecule is CNCC(=O)C(C)Oc1ccccc1Oc1cccs1. The number of likely N-dealkylation sites (N-methyl/N-ethyl adjacent to an activating group) is 1. The average molecular weight is 291 g/mol. The monoisotopic (exact) mass is 291 g/mol. The van der Waals surface area contributed by atoms with E-state index in [9.17, 15) is 4.79 Å². The van der Waals surface area contributed by atoms with E-state index in [1.807, 2.05) is 35.7 Å². The quantitative estimate of drug-likeness (QED) is 0.851. The van der Waals surface area contributed by atoms with Gasteiger partial charge in [-0.15, -0.1) is 11.3 Å². The van der Waals surface area contributed by atoms with Gasteiger partial charge in [0.15, 0.2) is 28.4 Å². The van der Waals surface area contributed by atoms with Crippen LogP contribution in [0.4, 0.5) is 0 Å². The fourth-order valence-electron chi connectivity index (χ4n) is 1.64. The van der Waals surface area contributed by atoms with Gasteiger partial charge in [-0.05, 0) is 43.6 Å². The fourth-order valence-corrected chi connectivity index (χ4v) is 2.22. The summed E-state index contributed by atoms with van der Waals surface area (Å²) in [6.45, 7) is 2.02. The number of rotatable bonds is 7. The Balaban J connectivity index is 2.09. The van der Waals surface area contributed by atoms with Crippen LogP contribution in [0.5, 0.6) is 16.6 Å². The number of hydrogen-bond donors (Lipinski definition) is 1. The van der Waals surface area contributed by atoms with Gasteiger partial charge in [-0.2, -0.15) is 0 Å². The van der Waals surface area contributed by atoms with Crippen molar-refractivity contribution in [1.82, 2.24) is 5.32 Å². The standard InChI is InChI=1S/C15H17NO3S/c1-11(12(17)10-16-2)18-13-6-3-4-7-14(13)19-15-8-5-9-20-15/h3-9,11,16H,10H2,1-2H3. The summed E-state index contributed by atoms with van der Waals surface area (Å²) in [4.78, 5) is 11.7. The minimum absolute atomic E-state index is 0.00146. The molecule has 0 radical (unpaired) electrons. The summed E-state index contributed by atoms with van der Waals surface area (Å²) < 4.78 is 11.5. The molecule has 0 amide bonds. The van der Waals surface area contributed by atoms with Crippen LogP contribution in [-0.4, -0.2) is 25.5 Å². The second kappa shape index (κ2) is 7.07. The first-order chi connectivity index (χ1) is 9.70. The van der Waals surface area contributed by atoms with Crippen molar-refractivity contribution in [2.45, 2.75) is 13.0 Å². The molecule has 0 saturated heterocycles. The predicted molar refractivity (Wildman–Crippen MR) is 79.9 cm³/mol. The number of carbonyl (C=O) groups is 1. The molecule has 1 N–H and O–H groups in total. The Morgan fingerprint density at radius 3 is 2.65 bits per heavy atom. The maximum Gasteiger partial charge on any atom is 0.186 e. The van der Waals surface area contributed by atoms with Crippen molar-refractivity contribution in [1.29, 1.82) is 0 Å². The van der Waals surface area contributed by atoms with Gasteiger partial charge in [0.1, 0.15) is 0 Å². The number of ketones is 1. The molecule has 1 aromatic carbocycles. The van der Waals surface area contributed by atoms with E-state index in [1.165, 1.54) is 11.3 Å². The van der Waals surface area contributed by atoms with E-state index in [4.69, 9.17) is 9.47 Å². The van der Waals surface area contributed by atoms with Crippen molar-refractivity contribution < 1.29 is 14.3 Å². The molecule has 20 heavy (non-hydrogen) atoms. The Labute approximate surface area is 122 Å². The van der Waals surface area contributed by atoms with Crippen LogP contribution in [0.15, 0.2) is 41.8 Å². The molecule has 0 bridgehead atoms. The highest BCUT2D eigenvalue weighted by Crippen LogP contribution is 2.33. The number of benzene rings is 1. The van der Waals surface area contributed by atoms with Crippen LogP contribution in [0, 0.1) is 0 Å². The summed E-state index contributed by atoms with van der Waals surface area (Å²) in [5, 5.41) is 5.56. The zero-order valence-corrected chi connectivity index (χ0v) is 12.3. The zero-order valence-electron chi connectivity index (χ0n) is 11.5. The van der Waals surface area contributed by atoms with Crippen molar-refractivity contribution in [2.24, 2.45) is 0 Å². The number of carbonyl (C=O) groups excluding carboxylic acids is 1. The Morgan fingerprint density at radius 2 is 2.00 bits per heavy atom. The second-order valence-electron chi connectivity index (χ2n) is 4.24. The van der Waals surface area contributed by atoms with E-state index in [0.29, 0.717) is 11.5 Å². The minimum Gasteiger partial charge on any atom is -0.479 e. The van der Waals surface area contributed by atoms with Crippen LogP contribution >= 0.6 is 11.3 Å². The van der Waals surface area contributed by atoms with Gasteiger partial charge in [-0.3, -0.25) is 4.79 Å². The van der Waals surface area contributed by atoms with Gasteiger partial charge >= 0.3 is 0 Å². The van der Waals surface area contributed by atoms with E-state index in [0.717, 1.165) is 5.06 Å². The maximum absolute atomic E-state index is 11.7. The molecule has 106 valence electrons. The average Bonchev–Trinajstić information content (AvgIpc) is 2.94. The highest BCUT2D eigenvalue weighted by atomic mass is 32.1. The molecular formula is C15H17NO3S. The minimum atomic E-state index is -0.518. The highest BCUT2D eigenvalue weighted by molar-refractivity contribution is 7.11. The molecule has 1 unspecified atom stereocenters. The predicted octanol–water partition coefficient (Wildman–Crippen LogP) is 3.10. The second-order valence-corrected chi connectivity index (χ2v) is 5.15. The van der Waals surface area contributed by atoms with Gasteiger partial charge in [-0.25, -0.2) is 0 Å². The number of hydrogen-bond acceptors (Lipinski definition) is 5. The van der Waals surface area contributed by atoms with Crippen molar-refractivity contribution in [3.63, 3.8) is 0 Å². The maximum atomic E-state index is 11.7. The lowest BCUT2D eigenvalue weighted by atomic mass is 10.2. The largest absolute Gasteiger partial charge is 0.479 e. The van der Waals surface area contributed by atoms with Crippen LogP contribution in [0.3, 0.4) is 0 Å². The fraction of sp³-hybridized carbons (Fsp3) is 0.267. The third kappa shape index (κ3) is 3.82. The zero-order chi connectivity index (χ0) is 14.4. The van der Waals surface area contributed by atoms with Crippen LogP contribution < -0.4 is 14.8 Å². The molecule has 0 spiro atoms. The van der Waals surface area contributed by atoms with E-state index >= 15 is 0 Å². The molecule has 0 fully saturated rings. The number of ether oxygens (including phenoxy) is 2. The summed E-state index contributed by atoms with van der Waals surface area (Å²) in [6, 6.07) is 11.2. The lowest BCUT2D eigenvalue weighted by Crippen LogP contribution is -2.31. The number of Topliss-reactive ketones (excluding diaryl/α,β-unsaturated/α-hetero) is 1. The first-order valence-corrected chi connectivity index (χ1v) is 7.23. The van der Waals surface area contributed by atoms with E-state index in [2.05, 4.69) is 5.32 Å². The Kier molecular flexibility index (Phi) is 5.15.